The van der Waals surface area contributed by atoms with Crippen LogP contribution in [-0.4, -0.2) is 5.78 Å². The lowest BCUT2D eigenvalue weighted by atomic mass is 9.51. The Hall–Kier alpha value is -0.850. The lowest BCUT2D eigenvalue weighted by Gasteiger charge is -2.53. The molecule has 0 radical (unpaired) electrons. The van der Waals surface area contributed by atoms with Crippen LogP contribution in [0.15, 0.2) is 23.8 Å². The number of rotatable bonds is 0. The first-order valence-electron chi connectivity index (χ1n) is 5.82. The zero-order chi connectivity index (χ0) is 11.3. The van der Waals surface area contributed by atoms with E-state index in [1.165, 1.54) is 12.0 Å². The summed E-state index contributed by atoms with van der Waals surface area (Å²) in [6.45, 7) is 9.25. The van der Waals surface area contributed by atoms with Gasteiger partial charge in [0.05, 0.1) is 0 Å². The monoisotopic (exact) mass is 204 g/mol. The van der Waals surface area contributed by atoms with Gasteiger partial charge in [0.15, 0.2) is 5.78 Å². The van der Waals surface area contributed by atoms with Gasteiger partial charge in [0.1, 0.15) is 0 Å². The van der Waals surface area contributed by atoms with E-state index >= 15 is 0 Å². The molecule has 0 bridgehead atoms. The van der Waals surface area contributed by atoms with Crippen LogP contribution in [0.1, 0.15) is 40.5 Å². The summed E-state index contributed by atoms with van der Waals surface area (Å²) >= 11 is 0. The highest BCUT2D eigenvalue weighted by Gasteiger charge is 2.48. The van der Waals surface area contributed by atoms with Gasteiger partial charge in [0.2, 0.25) is 0 Å². The van der Waals surface area contributed by atoms with Crippen LogP contribution in [-0.2, 0) is 4.79 Å². The first-order valence-corrected chi connectivity index (χ1v) is 5.82. The molecule has 0 saturated heterocycles. The first kappa shape index (κ1) is 10.7. The zero-order valence-corrected chi connectivity index (χ0v) is 10.1. The van der Waals surface area contributed by atoms with E-state index in [9.17, 15) is 4.79 Å². The van der Waals surface area contributed by atoms with Gasteiger partial charge in [-0.25, -0.2) is 0 Å². The molecule has 0 spiro atoms. The van der Waals surface area contributed by atoms with Crippen molar-refractivity contribution in [2.75, 3.05) is 0 Å². The maximum Gasteiger partial charge on any atom is 0.178 e. The minimum atomic E-state index is 0.0819. The van der Waals surface area contributed by atoms with Gasteiger partial charge in [-0.05, 0) is 36.3 Å². The van der Waals surface area contributed by atoms with Crippen LogP contribution in [0, 0.1) is 16.7 Å². The summed E-state index contributed by atoms with van der Waals surface area (Å²) in [6, 6.07) is 0. The Kier molecular flexibility index (Phi) is 2.18. The Bertz CT molecular complexity index is 360. The Morgan fingerprint density at radius 2 is 2.00 bits per heavy atom. The SMILES string of the molecule is CC1CCC2=CC(=O)C=C[C@]2(C)C1(C)C. The molecule has 15 heavy (non-hydrogen) atoms. The minimum absolute atomic E-state index is 0.0819. The fourth-order valence-electron chi connectivity index (χ4n) is 2.93. The van der Waals surface area contributed by atoms with Gasteiger partial charge in [-0.1, -0.05) is 39.3 Å². The summed E-state index contributed by atoms with van der Waals surface area (Å²) in [5, 5.41) is 0. The Morgan fingerprint density at radius 1 is 1.33 bits per heavy atom. The molecule has 1 nitrogen and oxygen atoms in total. The first-order chi connectivity index (χ1) is 6.88. The molecule has 0 aromatic carbocycles. The van der Waals surface area contributed by atoms with Crippen LogP contribution >= 0.6 is 0 Å². The Morgan fingerprint density at radius 3 is 2.67 bits per heavy atom. The summed E-state index contributed by atoms with van der Waals surface area (Å²) in [4.78, 5) is 11.4. The van der Waals surface area contributed by atoms with Crippen LogP contribution in [0.4, 0.5) is 0 Å². The smallest absolute Gasteiger partial charge is 0.178 e. The number of allylic oxidation sites excluding steroid dienone is 4. The summed E-state index contributed by atoms with van der Waals surface area (Å²) in [5.74, 6) is 0.866. The van der Waals surface area contributed by atoms with E-state index in [2.05, 4.69) is 33.8 Å². The fraction of sp³-hybridized carbons (Fsp3) is 0.643. The zero-order valence-electron chi connectivity index (χ0n) is 10.1. The molecule has 1 fully saturated rings. The van der Waals surface area contributed by atoms with Crippen molar-refractivity contribution in [3.8, 4) is 0 Å². The fourth-order valence-corrected chi connectivity index (χ4v) is 2.93. The van der Waals surface area contributed by atoms with Crippen LogP contribution in [0.3, 0.4) is 0 Å². The van der Waals surface area contributed by atoms with E-state index in [0.29, 0.717) is 5.92 Å². The number of carbonyl (C=O) groups excluding carboxylic acids is 1. The molecule has 82 valence electrons. The Balaban J connectivity index is 2.49. The predicted molar refractivity (Wildman–Crippen MR) is 62.5 cm³/mol. The summed E-state index contributed by atoms with van der Waals surface area (Å²) in [7, 11) is 0. The van der Waals surface area contributed by atoms with E-state index in [0.717, 1.165) is 6.42 Å². The van der Waals surface area contributed by atoms with Crippen LogP contribution in [0.2, 0.25) is 0 Å². The van der Waals surface area contributed by atoms with Crippen molar-refractivity contribution in [2.24, 2.45) is 16.7 Å². The average molecular weight is 204 g/mol. The largest absolute Gasteiger partial charge is 0.290 e. The number of carbonyl (C=O) groups is 1. The van der Waals surface area contributed by atoms with Gasteiger partial charge in [0, 0.05) is 5.41 Å². The summed E-state index contributed by atoms with van der Waals surface area (Å²) in [6.07, 6.45) is 8.00. The molecule has 0 aromatic heterocycles. The molecule has 0 heterocycles. The third-order valence-electron chi connectivity index (χ3n) is 4.98. The topological polar surface area (TPSA) is 17.1 Å². The molecule has 2 atom stereocenters. The highest BCUT2D eigenvalue weighted by atomic mass is 16.1. The van der Waals surface area contributed by atoms with E-state index in [-0.39, 0.29) is 16.6 Å². The quantitative estimate of drug-likeness (QED) is 0.590. The molecule has 0 aliphatic heterocycles. The van der Waals surface area contributed by atoms with Crippen LogP contribution < -0.4 is 0 Å². The standard InChI is InChI=1S/C14H20O/c1-10-5-6-11-9-12(15)7-8-14(11,4)13(10,2)3/h7-10H,5-6H2,1-4H3/t10?,14-/m0/s1. The van der Waals surface area contributed by atoms with Crippen molar-refractivity contribution >= 4 is 5.78 Å². The van der Waals surface area contributed by atoms with E-state index < -0.39 is 0 Å². The number of fused-ring (bicyclic) bond motifs is 1. The lowest BCUT2D eigenvalue weighted by molar-refractivity contribution is -0.111. The molecule has 2 aliphatic carbocycles. The number of hydrogen-bond donors (Lipinski definition) is 0. The molecule has 1 unspecified atom stereocenters. The number of ketones is 1. The Labute approximate surface area is 92.3 Å². The van der Waals surface area contributed by atoms with E-state index in [1.54, 1.807) is 6.08 Å². The molecular formula is C14H20O. The van der Waals surface area contributed by atoms with Gasteiger partial charge < -0.3 is 0 Å². The summed E-state index contributed by atoms with van der Waals surface area (Å²) in [5.41, 5.74) is 1.66. The van der Waals surface area contributed by atoms with Crippen LogP contribution in [0.5, 0.6) is 0 Å². The lowest BCUT2D eigenvalue weighted by Crippen LogP contribution is -2.45. The molecule has 0 amide bonds. The second-order valence-corrected chi connectivity index (χ2v) is 5.77. The maximum atomic E-state index is 11.4. The van der Waals surface area contributed by atoms with E-state index in [4.69, 9.17) is 0 Å². The highest BCUT2D eigenvalue weighted by molar-refractivity contribution is 6.01. The van der Waals surface area contributed by atoms with Gasteiger partial charge in [-0.15, -0.1) is 0 Å². The number of hydrogen-bond acceptors (Lipinski definition) is 1. The molecule has 0 N–H and O–H groups in total. The highest BCUT2D eigenvalue weighted by Crippen LogP contribution is 2.57. The maximum absolute atomic E-state index is 11.4. The van der Waals surface area contributed by atoms with Gasteiger partial charge in [-0.3, -0.25) is 4.79 Å². The third kappa shape index (κ3) is 1.32. The van der Waals surface area contributed by atoms with Gasteiger partial charge >= 0.3 is 0 Å². The molecular weight excluding hydrogens is 184 g/mol. The normalized spacial score (nSPS) is 38.5. The molecule has 1 heteroatoms. The predicted octanol–water partition coefficient (Wildman–Crippen LogP) is 3.51. The van der Waals surface area contributed by atoms with E-state index in [1.807, 2.05) is 6.08 Å². The van der Waals surface area contributed by atoms with Gasteiger partial charge in [0.25, 0.3) is 0 Å². The van der Waals surface area contributed by atoms with Crippen molar-refractivity contribution in [3.63, 3.8) is 0 Å². The van der Waals surface area contributed by atoms with Gasteiger partial charge in [-0.2, -0.15) is 0 Å². The van der Waals surface area contributed by atoms with Crippen molar-refractivity contribution in [1.82, 2.24) is 0 Å². The summed E-state index contributed by atoms with van der Waals surface area (Å²) < 4.78 is 0. The third-order valence-corrected chi connectivity index (χ3v) is 4.98. The molecule has 0 aromatic rings. The average Bonchev–Trinajstić information content (AvgIpc) is 2.17. The van der Waals surface area contributed by atoms with Crippen molar-refractivity contribution in [3.05, 3.63) is 23.8 Å². The minimum Gasteiger partial charge on any atom is -0.290 e. The second kappa shape index (κ2) is 3.07. The molecule has 1 saturated carbocycles. The van der Waals surface area contributed by atoms with Crippen molar-refractivity contribution < 1.29 is 4.79 Å². The van der Waals surface area contributed by atoms with Crippen molar-refractivity contribution in [2.45, 2.75) is 40.5 Å². The van der Waals surface area contributed by atoms with Crippen molar-refractivity contribution in [1.29, 1.82) is 0 Å². The molecule has 2 aliphatic rings. The molecule has 2 rings (SSSR count). The van der Waals surface area contributed by atoms with Crippen LogP contribution in [0.25, 0.3) is 0 Å². The second-order valence-electron chi connectivity index (χ2n) is 5.77.